The number of piperidine rings is 1. The van der Waals surface area contributed by atoms with E-state index in [2.05, 4.69) is 0 Å². The van der Waals surface area contributed by atoms with E-state index < -0.39 is 17.5 Å². The predicted octanol–water partition coefficient (Wildman–Crippen LogP) is 0.355. The first kappa shape index (κ1) is 10.3. The van der Waals surface area contributed by atoms with Crippen molar-refractivity contribution in [2.45, 2.75) is 12.8 Å². The Morgan fingerprint density at radius 1 is 1.29 bits per heavy atom. The number of hydrogen-bond donors (Lipinski definition) is 2. The number of hydrogen-bond acceptors (Lipinski definition) is 3. The van der Waals surface area contributed by atoms with Gasteiger partial charge in [0.2, 0.25) is 0 Å². The average molecular weight is 198 g/mol. The molecule has 1 rings (SSSR count). The molecular formula is C8H10N2O4. The summed E-state index contributed by atoms with van der Waals surface area (Å²) in [5, 5.41) is 26.2. The molecule has 1 aliphatic rings. The maximum Gasteiger partial charge on any atom is 0.407 e. The topological polar surface area (TPSA) is 102 Å². The van der Waals surface area contributed by atoms with Crippen LogP contribution >= 0.6 is 0 Å². The molecule has 6 nitrogen and oxygen atoms in total. The van der Waals surface area contributed by atoms with E-state index in [-0.39, 0.29) is 25.9 Å². The molecule has 76 valence electrons. The monoisotopic (exact) mass is 198 g/mol. The van der Waals surface area contributed by atoms with Crippen molar-refractivity contribution in [2.75, 3.05) is 13.1 Å². The molecule has 0 spiro atoms. The molecule has 2 N–H and O–H groups in total. The van der Waals surface area contributed by atoms with Gasteiger partial charge in [0.25, 0.3) is 0 Å². The molecule has 0 saturated carbocycles. The van der Waals surface area contributed by atoms with E-state index in [4.69, 9.17) is 15.5 Å². The molecule has 0 unspecified atom stereocenters. The third kappa shape index (κ3) is 1.62. The summed E-state index contributed by atoms with van der Waals surface area (Å²) >= 11 is 0. The van der Waals surface area contributed by atoms with Crippen molar-refractivity contribution in [3.05, 3.63) is 0 Å². The maximum absolute atomic E-state index is 10.8. The van der Waals surface area contributed by atoms with Crippen LogP contribution < -0.4 is 0 Å². The van der Waals surface area contributed by atoms with Gasteiger partial charge in [-0.05, 0) is 12.8 Å². The van der Waals surface area contributed by atoms with Gasteiger partial charge in [0.15, 0.2) is 5.41 Å². The minimum Gasteiger partial charge on any atom is -0.480 e. The fourth-order valence-corrected chi connectivity index (χ4v) is 1.45. The van der Waals surface area contributed by atoms with Crippen molar-refractivity contribution in [3.8, 4) is 6.07 Å². The first-order chi connectivity index (χ1) is 6.52. The number of amides is 1. The van der Waals surface area contributed by atoms with E-state index in [1.165, 1.54) is 0 Å². The zero-order chi connectivity index (χ0) is 10.8. The fourth-order valence-electron chi connectivity index (χ4n) is 1.45. The van der Waals surface area contributed by atoms with E-state index in [1.807, 2.05) is 0 Å². The minimum atomic E-state index is -1.40. The highest BCUT2D eigenvalue weighted by Gasteiger charge is 2.42. The molecular weight excluding hydrogens is 188 g/mol. The Kier molecular flexibility index (Phi) is 2.60. The second kappa shape index (κ2) is 3.54. The summed E-state index contributed by atoms with van der Waals surface area (Å²) in [4.78, 5) is 22.4. The van der Waals surface area contributed by atoms with Crippen LogP contribution in [-0.4, -0.2) is 40.3 Å². The molecule has 0 aromatic rings. The van der Waals surface area contributed by atoms with Gasteiger partial charge in [0.05, 0.1) is 6.07 Å². The lowest BCUT2D eigenvalue weighted by Crippen LogP contribution is -2.45. The number of nitriles is 1. The summed E-state index contributed by atoms with van der Waals surface area (Å²) in [6, 6.07) is 1.76. The van der Waals surface area contributed by atoms with Crippen LogP contribution in [0.5, 0.6) is 0 Å². The van der Waals surface area contributed by atoms with Crippen LogP contribution in [0.15, 0.2) is 0 Å². The SMILES string of the molecule is N#CC1(C(=O)O)CCN(C(=O)O)CC1. The highest BCUT2D eigenvalue weighted by atomic mass is 16.4. The van der Waals surface area contributed by atoms with Gasteiger partial charge in [0, 0.05) is 13.1 Å². The molecule has 0 atom stereocenters. The Balaban J connectivity index is 2.70. The lowest BCUT2D eigenvalue weighted by molar-refractivity contribution is -0.147. The lowest BCUT2D eigenvalue weighted by Gasteiger charge is -2.32. The average Bonchev–Trinajstić information content (AvgIpc) is 2.17. The van der Waals surface area contributed by atoms with Gasteiger partial charge in [-0.15, -0.1) is 0 Å². The first-order valence-corrected chi connectivity index (χ1v) is 4.14. The van der Waals surface area contributed by atoms with Crippen LogP contribution in [0.25, 0.3) is 0 Å². The summed E-state index contributed by atoms with van der Waals surface area (Å²) in [5.41, 5.74) is -1.40. The number of carboxylic acids is 1. The summed E-state index contributed by atoms with van der Waals surface area (Å²) in [6.45, 7) is 0.213. The van der Waals surface area contributed by atoms with E-state index in [9.17, 15) is 9.59 Å². The largest absolute Gasteiger partial charge is 0.480 e. The Labute approximate surface area is 80.4 Å². The lowest BCUT2D eigenvalue weighted by atomic mass is 9.80. The zero-order valence-electron chi connectivity index (χ0n) is 7.43. The van der Waals surface area contributed by atoms with Crippen LogP contribution in [0.1, 0.15) is 12.8 Å². The molecule has 0 aliphatic carbocycles. The second-order valence-electron chi connectivity index (χ2n) is 3.27. The smallest absolute Gasteiger partial charge is 0.407 e. The molecule has 6 heteroatoms. The highest BCUT2D eigenvalue weighted by Crippen LogP contribution is 2.30. The van der Waals surface area contributed by atoms with E-state index in [0.29, 0.717) is 0 Å². The first-order valence-electron chi connectivity index (χ1n) is 4.14. The van der Waals surface area contributed by atoms with Crippen LogP contribution in [0, 0.1) is 16.7 Å². The standard InChI is InChI=1S/C8H10N2O4/c9-5-8(6(11)12)1-3-10(4-2-8)7(13)14/h1-4H2,(H,11,12)(H,13,14). The number of aliphatic carboxylic acids is 1. The molecule has 1 aliphatic heterocycles. The van der Waals surface area contributed by atoms with E-state index in [0.717, 1.165) is 4.90 Å². The molecule has 1 amide bonds. The molecule has 0 bridgehead atoms. The predicted molar refractivity (Wildman–Crippen MR) is 44.5 cm³/mol. The number of rotatable bonds is 1. The van der Waals surface area contributed by atoms with Gasteiger partial charge in [-0.25, -0.2) is 4.79 Å². The maximum atomic E-state index is 10.8. The molecule has 1 heterocycles. The molecule has 0 aromatic heterocycles. The van der Waals surface area contributed by atoms with Crippen molar-refractivity contribution >= 4 is 12.1 Å². The van der Waals surface area contributed by atoms with Gasteiger partial charge < -0.3 is 15.1 Å². The van der Waals surface area contributed by atoms with Gasteiger partial charge >= 0.3 is 12.1 Å². The second-order valence-corrected chi connectivity index (χ2v) is 3.27. The van der Waals surface area contributed by atoms with Gasteiger partial charge in [-0.2, -0.15) is 5.26 Å². The van der Waals surface area contributed by atoms with Gasteiger partial charge in [0.1, 0.15) is 0 Å². The van der Waals surface area contributed by atoms with E-state index in [1.54, 1.807) is 6.07 Å². The van der Waals surface area contributed by atoms with Crippen LogP contribution in [-0.2, 0) is 4.79 Å². The Morgan fingerprint density at radius 3 is 2.07 bits per heavy atom. The van der Waals surface area contributed by atoms with Crippen molar-refractivity contribution in [1.82, 2.24) is 4.90 Å². The van der Waals surface area contributed by atoms with Crippen molar-refractivity contribution in [1.29, 1.82) is 5.26 Å². The van der Waals surface area contributed by atoms with Crippen molar-refractivity contribution in [2.24, 2.45) is 5.41 Å². The van der Waals surface area contributed by atoms with Crippen LogP contribution in [0.4, 0.5) is 4.79 Å². The quantitative estimate of drug-likeness (QED) is 0.633. The number of carboxylic acid groups (broad SMARTS) is 2. The highest BCUT2D eigenvalue weighted by molar-refractivity contribution is 5.78. The van der Waals surface area contributed by atoms with Crippen LogP contribution in [0.2, 0.25) is 0 Å². The van der Waals surface area contributed by atoms with Gasteiger partial charge in [-0.1, -0.05) is 0 Å². The number of nitrogens with zero attached hydrogens (tertiary/aromatic N) is 2. The minimum absolute atomic E-state index is 0.0606. The zero-order valence-corrected chi connectivity index (χ0v) is 7.43. The molecule has 1 fully saturated rings. The third-order valence-electron chi connectivity index (χ3n) is 2.51. The van der Waals surface area contributed by atoms with E-state index >= 15 is 0 Å². The normalized spacial score (nSPS) is 19.8. The Hall–Kier alpha value is -1.77. The fraction of sp³-hybridized carbons (Fsp3) is 0.625. The number of likely N-dealkylation sites (tertiary alicyclic amines) is 1. The third-order valence-corrected chi connectivity index (χ3v) is 2.51. The Morgan fingerprint density at radius 2 is 1.79 bits per heavy atom. The summed E-state index contributed by atoms with van der Waals surface area (Å²) in [5.74, 6) is -1.16. The number of carbonyl (C=O) groups is 2. The van der Waals surface area contributed by atoms with Crippen molar-refractivity contribution in [3.63, 3.8) is 0 Å². The van der Waals surface area contributed by atoms with Gasteiger partial charge in [-0.3, -0.25) is 4.79 Å². The summed E-state index contributed by atoms with van der Waals surface area (Å²) < 4.78 is 0. The Bertz CT molecular complexity index is 299. The van der Waals surface area contributed by atoms with Crippen molar-refractivity contribution < 1.29 is 19.8 Å². The molecule has 1 saturated heterocycles. The molecule has 0 radical (unpaired) electrons. The van der Waals surface area contributed by atoms with Crippen LogP contribution in [0.3, 0.4) is 0 Å². The summed E-state index contributed by atoms with van der Waals surface area (Å²) in [7, 11) is 0. The molecule has 0 aromatic carbocycles. The molecule has 14 heavy (non-hydrogen) atoms. The summed E-state index contributed by atoms with van der Waals surface area (Å²) in [6.07, 6.45) is -0.946.